The lowest BCUT2D eigenvalue weighted by molar-refractivity contribution is 0.508. The summed E-state index contributed by atoms with van der Waals surface area (Å²) in [6.07, 6.45) is 4.89. The lowest BCUT2D eigenvalue weighted by Gasteiger charge is -2.08. The molecule has 26 heavy (non-hydrogen) atoms. The zero-order valence-corrected chi connectivity index (χ0v) is 15.3. The van der Waals surface area contributed by atoms with Crippen LogP contribution in [0.15, 0.2) is 63.7 Å². The summed E-state index contributed by atoms with van der Waals surface area (Å²) in [5.41, 5.74) is 1.04. The first-order valence-electron chi connectivity index (χ1n) is 7.71. The van der Waals surface area contributed by atoms with Gasteiger partial charge in [0.15, 0.2) is 11.6 Å². The molecule has 0 radical (unpaired) electrons. The molecule has 0 aromatic heterocycles. The highest BCUT2D eigenvalue weighted by Crippen LogP contribution is 2.27. The maximum Gasteiger partial charge on any atom is 0.159 e. The maximum atomic E-state index is 14.2. The standard InChI is InChI=1S/C19H19F3N2OS/c1-5-12(2)6-7-13(3)26(4,25)24-18-11-17(22)19(23-18)14-8-9-15(20)16(21)10-14/h5-10H,3-4,11H2,1-2H3,(H,23,24,25)/b7-6-,12-5-. The average molecular weight is 380 g/mol. The van der Waals surface area contributed by atoms with Crippen LogP contribution in [0.4, 0.5) is 13.2 Å². The number of benzene rings is 1. The molecule has 1 heterocycles. The predicted molar refractivity (Wildman–Crippen MR) is 103 cm³/mol. The van der Waals surface area contributed by atoms with E-state index < -0.39 is 27.2 Å². The second-order valence-corrected chi connectivity index (χ2v) is 7.71. The molecule has 1 unspecified atom stereocenters. The molecule has 0 saturated heterocycles. The molecule has 0 aliphatic carbocycles. The summed E-state index contributed by atoms with van der Waals surface area (Å²) in [4.78, 5) is 0.190. The minimum absolute atomic E-state index is 0.0382. The molecule has 1 aromatic rings. The monoisotopic (exact) mass is 380 g/mol. The van der Waals surface area contributed by atoms with E-state index in [9.17, 15) is 17.4 Å². The number of nitrogens with one attached hydrogen (secondary N) is 1. The minimum atomic E-state index is -3.10. The Morgan fingerprint density at radius 2 is 1.96 bits per heavy atom. The van der Waals surface area contributed by atoms with Crippen LogP contribution in [0.2, 0.25) is 0 Å². The van der Waals surface area contributed by atoms with E-state index in [0.29, 0.717) is 0 Å². The lowest BCUT2D eigenvalue weighted by Crippen LogP contribution is -2.17. The Balaban J connectivity index is 2.23. The molecule has 1 N–H and O–H groups in total. The predicted octanol–water partition coefficient (Wildman–Crippen LogP) is 4.66. The fourth-order valence-electron chi connectivity index (χ4n) is 2.09. The van der Waals surface area contributed by atoms with Gasteiger partial charge in [0.05, 0.1) is 21.8 Å². The van der Waals surface area contributed by atoms with E-state index in [4.69, 9.17) is 0 Å². The molecule has 2 rings (SSSR count). The van der Waals surface area contributed by atoms with Crippen LogP contribution >= 0.6 is 0 Å². The molecular weight excluding hydrogens is 361 g/mol. The van der Waals surface area contributed by atoms with E-state index in [1.54, 1.807) is 12.2 Å². The van der Waals surface area contributed by atoms with Crippen molar-refractivity contribution in [2.45, 2.75) is 20.3 Å². The number of nitrogens with zero attached hydrogens (tertiary/aromatic N) is 1. The first-order valence-corrected chi connectivity index (χ1v) is 9.39. The van der Waals surface area contributed by atoms with Crippen molar-refractivity contribution in [2.24, 2.45) is 4.40 Å². The van der Waals surface area contributed by atoms with Gasteiger partial charge in [0.2, 0.25) is 0 Å². The fraction of sp³-hybridized carbons (Fsp3) is 0.158. The van der Waals surface area contributed by atoms with Crippen molar-refractivity contribution in [3.63, 3.8) is 0 Å². The fourth-order valence-corrected chi connectivity index (χ4v) is 2.95. The van der Waals surface area contributed by atoms with Crippen molar-refractivity contribution in [2.75, 3.05) is 0 Å². The Kier molecular flexibility index (Phi) is 5.92. The van der Waals surface area contributed by atoms with Gasteiger partial charge in [0, 0.05) is 10.5 Å². The van der Waals surface area contributed by atoms with Crippen molar-refractivity contribution >= 4 is 27.1 Å². The largest absolute Gasteiger partial charge is 0.340 e. The highest BCUT2D eigenvalue weighted by molar-refractivity contribution is 8.03. The third kappa shape index (κ3) is 4.54. The molecule has 3 nitrogen and oxygen atoms in total. The Hall–Kier alpha value is -2.54. The quantitative estimate of drug-likeness (QED) is 0.596. The Morgan fingerprint density at radius 1 is 1.27 bits per heavy atom. The molecule has 0 spiro atoms. The zero-order chi connectivity index (χ0) is 19.5. The van der Waals surface area contributed by atoms with Crippen molar-refractivity contribution in [1.82, 2.24) is 5.32 Å². The molecule has 7 heteroatoms. The van der Waals surface area contributed by atoms with Crippen LogP contribution in [0.3, 0.4) is 0 Å². The van der Waals surface area contributed by atoms with E-state index in [2.05, 4.69) is 22.2 Å². The van der Waals surface area contributed by atoms with Crippen LogP contribution in [-0.4, -0.2) is 15.9 Å². The third-order valence-corrected chi connectivity index (χ3v) is 5.20. The number of allylic oxidation sites excluding steroid dienone is 4. The van der Waals surface area contributed by atoms with Gasteiger partial charge < -0.3 is 5.32 Å². The summed E-state index contributed by atoms with van der Waals surface area (Å²) in [5.74, 6) is 0.918. The van der Waals surface area contributed by atoms with E-state index >= 15 is 0 Å². The summed E-state index contributed by atoms with van der Waals surface area (Å²) in [6.45, 7) is 7.44. The van der Waals surface area contributed by atoms with Crippen LogP contribution < -0.4 is 5.32 Å². The van der Waals surface area contributed by atoms with Gasteiger partial charge in [-0.15, -0.1) is 0 Å². The van der Waals surface area contributed by atoms with E-state index in [-0.39, 0.29) is 28.4 Å². The number of halogens is 3. The molecule has 0 saturated carbocycles. The first kappa shape index (κ1) is 19.8. The second-order valence-electron chi connectivity index (χ2n) is 5.72. The zero-order valence-electron chi connectivity index (χ0n) is 14.5. The Morgan fingerprint density at radius 3 is 2.58 bits per heavy atom. The van der Waals surface area contributed by atoms with Crippen LogP contribution in [0.5, 0.6) is 0 Å². The maximum absolute atomic E-state index is 14.2. The van der Waals surface area contributed by atoms with Gasteiger partial charge in [-0.3, -0.25) is 0 Å². The summed E-state index contributed by atoms with van der Waals surface area (Å²) in [6, 6.07) is 3.03. The van der Waals surface area contributed by atoms with Crippen LogP contribution in [0, 0.1) is 11.6 Å². The molecule has 1 aromatic carbocycles. The molecule has 0 bridgehead atoms. The van der Waals surface area contributed by atoms with Gasteiger partial charge in [-0.2, -0.15) is 4.40 Å². The summed E-state index contributed by atoms with van der Waals surface area (Å²) in [5, 5.41) is 2.66. The smallest absolute Gasteiger partial charge is 0.159 e. The van der Waals surface area contributed by atoms with E-state index in [0.717, 1.165) is 17.7 Å². The summed E-state index contributed by atoms with van der Waals surface area (Å²) < 4.78 is 57.2. The topological polar surface area (TPSA) is 41.5 Å². The van der Waals surface area contributed by atoms with Crippen molar-refractivity contribution < 1.29 is 17.4 Å². The molecule has 1 atom stereocenters. The number of rotatable bonds is 5. The van der Waals surface area contributed by atoms with Crippen LogP contribution in [0.25, 0.3) is 5.70 Å². The van der Waals surface area contributed by atoms with Gasteiger partial charge in [-0.05, 0) is 44.0 Å². The third-order valence-electron chi connectivity index (χ3n) is 3.73. The second kappa shape index (κ2) is 7.78. The van der Waals surface area contributed by atoms with Gasteiger partial charge in [0.1, 0.15) is 11.7 Å². The van der Waals surface area contributed by atoms with Crippen LogP contribution in [-0.2, 0) is 9.71 Å². The molecule has 138 valence electrons. The number of amidine groups is 1. The van der Waals surface area contributed by atoms with Crippen LogP contribution in [0.1, 0.15) is 25.8 Å². The van der Waals surface area contributed by atoms with E-state index in [1.165, 1.54) is 6.07 Å². The molecule has 1 aliphatic rings. The molecule has 0 amide bonds. The molecule has 0 fully saturated rings. The SMILES string of the molecule is C=C(/C=C\C(C)=C/C)S(=C)(=O)/N=C1\CC(F)=C(c2ccc(F)c(F)c2)N1. The van der Waals surface area contributed by atoms with Crippen molar-refractivity contribution in [1.29, 1.82) is 0 Å². The van der Waals surface area contributed by atoms with Gasteiger partial charge >= 0.3 is 0 Å². The highest BCUT2D eigenvalue weighted by atomic mass is 32.2. The molecular formula is C19H19F3N2OS. The molecule has 1 aliphatic heterocycles. The van der Waals surface area contributed by atoms with Crippen molar-refractivity contribution in [3.8, 4) is 0 Å². The number of hydrogen-bond acceptors (Lipinski definition) is 1. The van der Waals surface area contributed by atoms with Gasteiger partial charge in [-0.25, -0.2) is 17.4 Å². The van der Waals surface area contributed by atoms with E-state index in [1.807, 2.05) is 19.9 Å². The lowest BCUT2D eigenvalue weighted by atomic mass is 10.1. The Bertz CT molecular complexity index is 970. The highest BCUT2D eigenvalue weighted by Gasteiger charge is 2.23. The van der Waals surface area contributed by atoms with Gasteiger partial charge in [0.25, 0.3) is 0 Å². The number of hydrogen-bond donors (Lipinski definition) is 1. The Labute approximate surface area is 151 Å². The first-order chi connectivity index (χ1) is 12.1. The average Bonchev–Trinajstić information content (AvgIpc) is 2.94. The summed E-state index contributed by atoms with van der Waals surface area (Å²) in [7, 11) is -3.10. The minimum Gasteiger partial charge on any atom is -0.340 e. The summed E-state index contributed by atoms with van der Waals surface area (Å²) >= 11 is 0. The normalized spacial score (nSPS) is 19.1. The van der Waals surface area contributed by atoms with Crippen molar-refractivity contribution in [3.05, 3.63) is 76.5 Å². The van der Waals surface area contributed by atoms with Gasteiger partial charge in [-0.1, -0.05) is 24.3 Å².